The van der Waals surface area contributed by atoms with E-state index in [1.54, 1.807) is 31.5 Å². The summed E-state index contributed by atoms with van der Waals surface area (Å²) < 4.78 is 69.3. The van der Waals surface area contributed by atoms with Crippen LogP contribution in [-0.4, -0.2) is 37.1 Å². The number of nitrogens with one attached hydrogen (secondary N) is 2. The Morgan fingerprint density at radius 2 is 1.67 bits per heavy atom. The largest absolute Gasteiger partial charge is 0.492 e. The van der Waals surface area contributed by atoms with Gasteiger partial charge in [0.05, 0.1) is 40.9 Å². The monoisotopic (exact) mass is 609 g/mol. The Kier molecular flexibility index (Phi) is 7.98. The standard InChI is InChI=1S/C31H29F2N3O6S/c1-4-41-27-22-12-9-15-34-26(22)28(42-5-2)23-17-36(29(37)25(23)27)24-14-13-20(16-19(24)3)18-43(39,40)35-30(38)31(32,33)21-10-7-6-8-11-21/h6-17,34H,4-5,18H2,1-3H3,(H,35,38). The van der Waals surface area contributed by atoms with Crippen LogP contribution in [-0.2, 0) is 26.5 Å². The summed E-state index contributed by atoms with van der Waals surface area (Å²) in [4.78, 5) is 29.2. The van der Waals surface area contributed by atoms with Crippen LogP contribution in [0.5, 0.6) is 11.5 Å². The maximum Gasteiger partial charge on any atom is 0.350 e. The molecule has 5 aromatic rings. The summed E-state index contributed by atoms with van der Waals surface area (Å²) in [6.45, 7) is 6.04. The fraction of sp³-hybridized carbons (Fsp3) is 0.226. The van der Waals surface area contributed by atoms with Crippen molar-refractivity contribution >= 4 is 37.6 Å². The molecule has 0 aliphatic carbocycles. The number of aromatic amines is 1. The minimum Gasteiger partial charge on any atom is -0.492 e. The average molecular weight is 610 g/mol. The average Bonchev–Trinajstić information content (AvgIpc) is 3.31. The first-order valence-electron chi connectivity index (χ1n) is 13.5. The maximum atomic E-state index is 14.6. The van der Waals surface area contributed by atoms with Gasteiger partial charge in [-0.3, -0.25) is 14.2 Å². The number of nitrogens with zero attached hydrogens (tertiary/aromatic N) is 1. The van der Waals surface area contributed by atoms with Crippen molar-refractivity contribution in [3.8, 4) is 17.2 Å². The number of hydrogen-bond acceptors (Lipinski definition) is 6. The third-order valence-electron chi connectivity index (χ3n) is 6.88. The summed E-state index contributed by atoms with van der Waals surface area (Å²) >= 11 is 0. The number of fused-ring (bicyclic) bond motifs is 2. The number of rotatable bonds is 10. The highest BCUT2D eigenvalue weighted by molar-refractivity contribution is 7.89. The van der Waals surface area contributed by atoms with Gasteiger partial charge in [-0.15, -0.1) is 0 Å². The number of carbonyl (C=O) groups is 1. The summed E-state index contributed by atoms with van der Waals surface area (Å²) in [6, 6.07) is 14.4. The summed E-state index contributed by atoms with van der Waals surface area (Å²) in [5.74, 6) is -5.80. The van der Waals surface area contributed by atoms with Crippen LogP contribution in [0.25, 0.3) is 27.4 Å². The summed E-state index contributed by atoms with van der Waals surface area (Å²) in [5.41, 5.74) is 0.942. The van der Waals surface area contributed by atoms with Crippen LogP contribution < -0.4 is 19.8 Å². The first kappa shape index (κ1) is 29.8. The van der Waals surface area contributed by atoms with Crippen molar-refractivity contribution in [1.82, 2.24) is 14.3 Å². The second-order valence-corrected chi connectivity index (χ2v) is 11.5. The summed E-state index contributed by atoms with van der Waals surface area (Å²) in [5, 5.41) is 1.57. The second kappa shape index (κ2) is 11.5. The fourth-order valence-electron chi connectivity index (χ4n) is 5.05. The molecule has 224 valence electrons. The van der Waals surface area contributed by atoms with E-state index in [0.717, 1.165) is 12.1 Å². The van der Waals surface area contributed by atoms with E-state index in [9.17, 15) is 26.8 Å². The van der Waals surface area contributed by atoms with Gasteiger partial charge in [0.1, 0.15) is 5.75 Å². The smallest absolute Gasteiger partial charge is 0.350 e. The molecule has 0 aliphatic heterocycles. The van der Waals surface area contributed by atoms with E-state index in [4.69, 9.17) is 9.47 Å². The van der Waals surface area contributed by atoms with E-state index in [-0.39, 0.29) is 11.1 Å². The Balaban J connectivity index is 1.50. The molecular formula is C31H29F2N3O6S. The molecule has 43 heavy (non-hydrogen) atoms. The van der Waals surface area contributed by atoms with E-state index >= 15 is 0 Å². The van der Waals surface area contributed by atoms with E-state index in [0.29, 0.717) is 57.6 Å². The number of aryl methyl sites for hydroxylation is 1. The van der Waals surface area contributed by atoms with Crippen molar-refractivity contribution in [3.63, 3.8) is 0 Å². The lowest BCUT2D eigenvalue weighted by molar-refractivity contribution is -0.144. The number of carbonyl (C=O) groups excluding carboxylic acids is 1. The van der Waals surface area contributed by atoms with Crippen molar-refractivity contribution in [3.05, 3.63) is 100 Å². The first-order valence-corrected chi connectivity index (χ1v) is 15.2. The minimum atomic E-state index is -4.48. The van der Waals surface area contributed by atoms with Gasteiger partial charge < -0.3 is 14.5 Å². The van der Waals surface area contributed by atoms with Crippen LogP contribution in [0.1, 0.15) is 30.5 Å². The number of pyridine rings is 1. The molecule has 5 rings (SSSR count). The number of aromatic nitrogens is 2. The molecule has 1 amide bonds. The van der Waals surface area contributed by atoms with Crippen LogP contribution in [0.2, 0.25) is 0 Å². The zero-order chi connectivity index (χ0) is 30.9. The Morgan fingerprint density at radius 1 is 0.977 bits per heavy atom. The van der Waals surface area contributed by atoms with Crippen LogP contribution >= 0.6 is 0 Å². The molecule has 2 N–H and O–H groups in total. The number of alkyl halides is 2. The topological polar surface area (TPSA) is 119 Å². The van der Waals surface area contributed by atoms with Gasteiger partial charge in [-0.2, -0.15) is 8.78 Å². The maximum absolute atomic E-state index is 14.6. The van der Waals surface area contributed by atoms with Crippen molar-refractivity contribution in [2.24, 2.45) is 0 Å². The Morgan fingerprint density at radius 3 is 2.35 bits per heavy atom. The van der Waals surface area contributed by atoms with Crippen molar-refractivity contribution in [1.29, 1.82) is 0 Å². The molecule has 0 unspecified atom stereocenters. The predicted octanol–water partition coefficient (Wildman–Crippen LogP) is 5.32. The van der Waals surface area contributed by atoms with Gasteiger partial charge in [-0.25, -0.2) is 13.1 Å². The lowest BCUT2D eigenvalue weighted by atomic mass is 10.1. The molecular weight excluding hydrogens is 580 g/mol. The molecule has 0 saturated heterocycles. The summed E-state index contributed by atoms with van der Waals surface area (Å²) in [7, 11) is -4.48. The Labute approximate surface area is 246 Å². The Hall–Kier alpha value is -4.71. The predicted molar refractivity (Wildman–Crippen MR) is 160 cm³/mol. The fourth-order valence-corrected chi connectivity index (χ4v) is 6.15. The molecule has 3 aromatic carbocycles. The quantitative estimate of drug-likeness (QED) is 0.221. The van der Waals surface area contributed by atoms with Crippen molar-refractivity contribution in [2.45, 2.75) is 32.4 Å². The van der Waals surface area contributed by atoms with Gasteiger partial charge in [-0.05, 0) is 50.1 Å². The zero-order valence-electron chi connectivity index (χ0n) is 23.6. The number of sulfonamides is 1. The number of benzene rings is 3. The van der Waals surface area contributed by atoms with Crippen LogP contribution in [0, 0.1) is 6.92 Å². The Bertz CT molecular complexity index is 2000. The third-order valence-corrected chi connectivity index (χ3v) is 8.09. The molecule has 0 bridgehead atoms. The highest BCUT2D eigenvalue weighted by Gasteiger charge is 2.42. The number of amides is 1. The van der Waals surface area contributed by atoms with Crippen LogP contribution in [0.15, 0.2) is 77.9 Å². The number of ether oxygens (including phenoxy) is 2. The highest BCUT2D eigenvalue weighted by Crippen LogP contribution is 2.41. The lowest BCUT2D eigenvalue weighted by Crippen LogP contribution is -2.41. The van der Waals surface area contributed by atoms with Gasteiger partial charge in [0, 0.05) is 23.3 Å². The molecule has 0 spiro atoms. The first-order chi connectivity index (χ1) is 20.5. The van der Waals surface area contributed by atoms with Gasteiger partial charge in [-0.1, -0.05) is 42.5 Å². The number of halogens is 2. The molecule has 0 saturated carbocycles. The lowest BCUT2D eigenvalue weighted by Gasteiger charge is -2.16. The van der Waals surface area contributed by atoms with Crippen LogP contribution in [0.3, 0.4) is 0 Å². The summed E-state index contributed by atoms with van der Waals surface area (Å²) in [6.07, 6.45) is 3.40. The molecule has 2 heterocycles. The normalized spacial score (nSPS) is 12.0. The minimum absolute atomic E-state index is 0.235. The number of H-pyrrole nitrogens is 1. The number of hydrogen-bond donors (Lipinski definition) is 2. The zero-order valence-corrected chi connectivity index (χ0v) is 24.4. The third kappa shape index (κ3) is 5.57. The molecule has 0 atom stereocenters. The molecule has 9 nitrogen and oxygen atoms in total. The van der Waals surface area contributed by atoms with E-state index in [2.05, 4.69) is 4.98 Å². The highest BCUT2D eigenvalue weighted by atomic mass is 32.2. The molecule has 2 aromatic heterocycles. The van der Waals surface area contributed by atoms with Gasteiger partial charge in [0.25, 0.3) is 5.56 Å². The van der Waals surface area contributed by atoms with Gasteiger partial charge >= 0.3 is 11.8 Å². The second-order valence-electron chi connectivity index (χ2n) is 9.83. The van der Waals surface area contributed by atoms with E-state index in [1.807, 2.05) is 19.9 Å². The molecule has 0 radical (unpaired) electrons. The van der Waals surface area contributed by atoms with E-state index < -0.39 is 33.2 Å². The van der Waals surface area contributed by atoms with Crippen molar-refractivity contribution < 1.29 is 31.5 Å². The van der Waals surface area contributed by atoms with Crippen LogP contribution in [0.4, 0.5) is 8.78 Å². The van der Waals surface area contributed by atoms with Gasteiger partial charge in [0.2, 0.25) is 10.0 Å². The van der Waals surface area contributed by atoms with Crippen molar-refractivity contribution in [2.75, 3.05) is 13.2 Å². The van der Waals surface area contributed by atoms with Gasteiger partial charge in [0.15, 0.2) is 5.75 Å². The molecule has 0 fully saturated rings. The van der Waals surface area contributed by atoms with E-state index in [1.165, 1.54) is 39.6 Å². The molecule has 12 heteroatoms. The molecule has 0 aliphatic rings. The SMILES string of the molecule is CCOc1c2cn(-c3ccc(CS(=O)(=O)NC(=O)C(F)(F)c4ccccc4)cc3C)c(=O)c2c(OCC)c2ccc[nH]c12.